The summed E-state index contributed by atoms with van der Waals surface area (Å²) >= 11 is 4.78. The molecule has 2 amide bonds. The molecule has 1 fully saturated rings. The van der Waals surface area contributed by atoms with Crippen molar-refractivity contribution in [1.29, 1.82) is 0 Å². The summed E-state index contributed by atoms with van der Waals surface area (Å²) in [5, 5.41) is 9.88. The maximum atomic E-state index is 12.0. The van der Waals surface area contributed by atoms with Gasteiger partial charge in [-0.15, -0.1) is 0 Å². The Labute approximate surface area is 161 Å². The summed E-state index contributed by atoms with van der Waals surface area (Å²) in [7, 11) is -3.77. The average Bonchev–Trinajstić information content (AvgIpc) is 2.84. The number of rotatable bonds is 3. The van der Waals surface area contributed by atoms with Crippen LogP contribution in [0.4, 0.5) is 0 Å². The molecule has 2 aromatic rings. The zero-order valence-electron chi connectivity index (χ0n) is 14.4. The maximum absolute atomic E-state index is 12.0. The van der Waals surface area contributed by atoms with E-state index in [9.17, 15) is 18.0 Å². The Morgan fingerprint density at radius 3 is 2.15 bits per heavy atom. The summed E-state index contributed by atoms with van der Waals surface area (Å²) in [4.78, 5) is 24.1. The van der Waals surface area contributed by atoms with Crippen LogP contribution >= 0.6 is 12.2 Å². The molecule has 27 heavy (non-hydrogen) atoms. The molecule has 3 rings (SSSR count). The van der Waals surface area contributed by atoms with E-state index in [0.717, 1.165) is 17.1 Å². The van der Waals surface area contributed by atoms with Crippen molar-refractivity contribution in [2.45, 2.75) is 18.7 Å². The first kappa shape index (κ1) is 19.0. The number of thiocarbonyl (C=S) groups is 1. The van der Waals surface area contributed by atoms with Crippen LogP contribution in [-0.2, 0) is 19.6 Å². The summed E-state index contributed by atoms with van der Waals surface area (Å²) in [6.07, 6.45) is 1.49. The molecule has 10 heteroatoms. The molecule has 0 unspecified atom stereocenters. The van der Waals surface area contributed by atoms with Crippen LogP contribution in [0.2, 0.25) is 0 Å². The largest absolute Gasteiger partial charge is 0.318 e. The fourth-order valence-corrected chi connectivity index (χ4v) is 3.58. The van der Waals surface area contributed by atoms with Gasteiger partial charge in [0.05, 0.1) is 4.90 Å². The number of hydrogen-bond donors (Lipinski definition) is 3. The topological polar surface area (TPSA) is 123 Å². The van der Waals surface area contributed by atoms with Gasteiger partial charge in [0.2, 0.25) is 10.0 Å². The predicted molar refractivity (Wildman–Crippen MR) is 103 cm³/mol. The first-order valence-corrected chi connectivity index (χ1v) is 9.74. The molecule has 0 bridgehead atoms. The minimum atomic E-state index is -3.77. The van der Waals surface area contributed by atoms with Gasteiger partial charge in [0, 0.05) is 17.1 Å². The number of aryl methyl sites for hydroxylation is 1. The number of nitrogens with zero attached hydrogens (tertiary/aromatic N) is 1. The molecule has 0 saturated carbocycles. The lowest BCUT2D eigenvalue weighted by Crippen LogP contribution is -2.51. The van der Waals surface area contributed by atoms with E-state index < -0.39 is 21.8 Å². The van der Waals surface area contributed by atoms with Gasteiger partial charge < -0.3 is 4.57 Å². The Morgan fingerprint density at radius 1 is 1.07 bits per heavy atom. The van der Waals surface area contributed by atoms with E-state index in [1.165, 1.54) is 18.2 Å². The van der Waals surface area contributed by atoms with E-state index in [0.29, 0.717) is 5.56 Å². The SMILES string of the molecule is Cc1cc(C=C2C(=O)NC(=S)NC2=O)c(C)n1-c1ccc(S(N)(=O)=O)cc1. The number of sulfonamides is 1. The van der Waals surface area contributed by atoms with Gasteiger partial charge in [-0.2, -0.15) is 0 Å². The van der Waals surface area contributed by atoms with Gasteiger partial charge in [0.15, 0.2) is 5.11 Å². The fourth-order valence-electron chi connectivity index (χ4n) is 2.88. The van der Waals surface area contributed by atoms with Crippen molar-refractivity contribution >= 4 is 45.2 Å². The van der Waals surface area contributed by atoms with E-state index in [1.807, 2.05) is 24.5 Å². The second kappa shape index (κ2) is 6.72. The molecule has 1 aromatic heterocycles. The van der Waals surface area contributed by atoms with E-state index in [4.69, 9.17) is 17.4 Å². The van der Waals surface area contributed by atoms with Crippen LogP contribution in [0.3, 0.4) is 0 Å². The molecule has 0 radical (unpaired) electrons. The minimum Gasteiger partial charge on any atom is -0.318 e. The lowest BCUT2D eigenvalue weighted by molar-refractivity contribution is -0.123. The standard InChI is InChI=1S/C17H16N4O4S2/c1-9-7-11(8-14-15(22)19-17(26)20-16(14)23)10(2)21(9)12-3-5-13(6-4-12)27(18,24)25/h3-8H,1-2H3,(H2,18,24,25)(H2,19,20,22,23,26). The first-order valence-electron chi connectivity index (χ1n) is 7.78. The maximum Gasteiger partial charge on any atom is 0.263 e. The van der Waals surface area contributed by atoms with Crippen molar-refractivity contribution < 1.29 is 18.0 Å². The molecule has 0 spiro atoms. The molecule has 2 heterocycles. The van der Waals surface area contributed by atoms with Crippen molar-refractivity contribution in [1.82, 2.24) is 15.2 Å². The zero-order valence-corrected chi connectivity index (χ0v) is 16.1. The number of primary sulfonamides is 1. The third-order valence-corrected chi connectivity index (χ3v) is 5.27. The molecule has 0 atom stereocenters. The molecule has 4 N–H and O–H groups in total. The summed E-state index contributed by atoms with van der Waals surface area (Å²) < 4.78 is 24.7. The fraction of sp³-hybridized carbons (Fsp3) is 0.118. The highest BCUT2D eigenvalue weighted by Gasteiger charge is 2.26. The highest BCUT2D eigenvalue weighted by molar-refractivity contribution is 7.89. The molecule has 1 aromatic carbocycles. The molecule has 1 aliphatic heterocycles. The number of carbonyl (C=O) groups is 2. The van der Waals surface area contributed by atoms with E-state index in [2.05, 4.69) is 10.6 Å². The van der Waals surface area contributed by atoms with Crippen LogP contribution < -0.4 is 15.8 Å². The quantitative estimate of drug-likeness (QED) is 0.394. The third kappa shape index (κ3) is 3.68. The number of hydrogen-bond acceptors (Lipinski definition) is 5. The lowest BCUT2D eigenvalue weighted by Gasteiger charge is -2.16. The van der Waals surface area contributed by atoms with Crippen molar-refractivity contribution in [3.8, 4) is 5.69 Å². The summed E-state index contributed by atoms with van der Waals surface area (Å²) in [6.45, 7) is 3.69. The van der Waals surface area contributed by atoms with Crippen molar-refractivity contribution in [3.05, 3.63) is 52.9 Å². The summed E-state index contributed by atoms with van der Waals surface area (Å²) in [5.41, 5.74) is 2.97. The molecular weight excluding hydrogens is 388 g/mol. The second-order valence-corrected chi connectivity index (χ2v) is 7.97. The van der Waals surface area contributed by atoms with Crippen LogP contribution in [0.25, 0.3) is 11.8 Å². The third-order valence-electron chi connectivity index (χ3n) is 4.14. The van der Waals surface area contributed by atoms with Crippen LogP contribution in [0.15, 0.2) is 40.8 Å². The van der Waals surface area contributed by atoms with Crippen LogP contribution in [0, 0.1) is 13.8 Å². The monoisotopic (exact) mass is 404 g/mol. The number of aromatic nitrogens is 1. The second-order valence-electron chi connectivity index (χ2n) is 6.00. The smallest absolute Gasteiger partial charge is 0.263 e. The van der Waals surface area contributed by atoms with Crippen LogP contribution in [0.1, 0.15) is 17.0 Å². The van der Waals surface area contributed by atoms with Gasteiger partial charge in [-0.3, -0.25) is 20.2 Å². The zero-order chi connectivity index (χ0) is 19.9. The van der Waals surface area contributed by atoms with E-state index in [1.54, 1.807) is 12.1 Å². The number of amides is 2. The molecular formula is C17H16N4O4S2. The highest BCUT2D eigenvalue weighted by Crippen LogP contribution is 2.24. The van der Waals surface area contributed by atoms with Crippen molar-refractivity contribution in [3.63, 3.8) is 0 Å². The normalized spacial score (nSPS) is 14.8. The Hall–Kier alpha value is -2.82. The molecule has 1 saturated heterocycles. The molecule has 1 aliphatic rings. The number of carbonyl (C=O) groups excluding carboxylic acids is 2. The molecule has 8 nitrogen and oxygen atoms in total. The lowest BCUT2D eigenvalue weighted by atomic mass is 10.1. The summed E-state index contributed by atoms with van der Waals surface area (Å²) in [5.74, 6) is -1.13. The Kier molecular flexibility index (Phi) is 4.72. The van der Waals surface area contributed by atoms with E-state index >= 15 is 0 Å². The number of benzene rings is 1. The molecule has 140 valence electrons. The van der Waals surface area contributed by atoms with Gasteiger partial charge >= 0.3 is 0 Å². The van der Waals surface area contributed by atoms with Gasteiger partial charge in [-0.05, 0) is 68.0 Å². The molecule has 0 aliphatic carbocycles. The van der Waals surface area contributed by atoms with Crippen LogP contribution in [0.5, 0.6) is 0 Å². The van der Waals surface area contributed by atoms with Crippen molar-refractivity contribution in [2.75, 3.05) is 0 Å². The predicted octanol–water partition coefficient (Wildman–Crippen LogP) is 0.656. The van der Waals surface area contributed by atoms with Gasteiger partial charge in [-0.25, -0.2) is 13.6 Å². The Bertz CT molecular complexity index is 1090. The Morgan fingerprint density at radius 2 is 1.63 bits per heavy atom. The summed E-state index contributed by atoms with van der Waals surface area (Å²) in [6, 6.07) is 7.93. The van der Waals surface area contributed by atoms with Gasteiger partial charge in [0.25, 0.3) is 11.8 Å². The Balaban J connectivity index is 2.03. The van der Waals surface area contributed by atoms with Crippen molar-refractivity contribution in [2.24, 2.45) is 5.14 Å². The minimum absolute atomic E-state index is 0.0163. The van der Waals surface area contributed by atoms with Crippen LogP contribution in [-0.4, -0.2) is 29.9 Å². The van der Waals surface area contributed by atoms with E-state index in [-0.39, 0.29) is 15.6 Å². The first-order chi connectivity index (χ1) is 12.6. The number of nitrogens with one attached hydrogen (secondary N) is 2. The van der Waals surface area contributed by atoms with Gasteiger partial charge in [-0.1, -0.05) is 0 Å². The number of nitrogens with two attached hydrogens (primary N) is 1. The highest BCUT2D eigenvalue weighted by atomic mass is 32.2. The average molecular weight is 404 g/mol. The van der Waals surface area contributed by atoms with Gasteiger partial charge in [0.1, 0.15) is 5.57 Å².